The summed E-state index contributed by atoms with van der Waals surface area (Å²) in [5.41, 5.74) is -0.124. The van der Waals surface area contributed by atoms with E-state index in [0.717, 1.165) is 4.90 Å². The van der Waals surface area contributed by atoms with Gasteiger partial charge in [-0.3, -0.25) is 9.69 Å². The molecule has 2 aliphatic heterocycles. The molecule has 0 saturated carbocycles. The van der Waals surface area contributed by atoms with Crippen LogP contribution in [0.4, 0.5) is 4.79 Å². The van der Waals surface area contributed by atoms with Crippen LogP contribution in [0.2, 0.25) is 0 Å². The van der Waals surface area contributed by atoms with Crippen molar-refractivity contribution in [3.63, 3.8) is 0 Å². The van der Waals surface area contributed by atoms with Crippen molar-refractivity contribution in [3.05, 3.63) is 46.9 Å². The Bertz CT molecular complexity index is 996. The van der Waals surface area contributed by atoms with Crippen molar-refractivity contribution in [3.8, 4) is 11.5 Å². The van der Waals surface area contributed by atoms with Gasteiger partial charge in [0.15, 0.2) is 11.5 Å². The summed E-state index contributed by atoms with van der Waals surface area (Å²) in [5, 5.41) is 2.72. The Hall–Kier alpha value is -3.49. The number of imide groups is 1. The van der Waals surface area contributed by atoms with Gasteiger partial charge in [-0.2, -0.15) is 0 Å². The molecule has 146 valence electrons. The third-order valence-electron chi connectivity index (χ3n) is 4.88. The lowest BCUT2D eigenvalue weighted by atomic mass is 9.91. The van der Waals surface area contributed by atoms with Gasteiger partial charge in [0.05, 0.1) is 13.7 Å². The molecule has 0 aliphatic carbocycles. The number of hydrogen-bond donors (Lipinski definition) is 1. The van der Waals surface area contributed by atoms with E-state index in [1.54, 1.807) is 38.1 Å². The van der Waals surface area contributed by atoms with Gasteiger partial charge in [0.25, 0.3) is 5.91 Å². The van der Waals surface area contributed by atoms with E-state index in [2.05, 4.69) is 10.1 Å². The van der Waals surface area contributed by atoms with Gasteiger partial charge in [-0.05, 0) is 37.6 Å². The molecule has 0 unspecified atom stereocenters. The summed E-state index contributed by atoms with van der Waals surface area (Å²) in [7, 11) is 1.25. The van der Waals surface area contributed by atoms with E-state index in [1.807, 2.05) is 0 Å². The van der Waals surface area contributed by atoms with Crippen LogP contribution in [0.1, 0.15) is 34.4 Å². The zero-order chi connectivity index (χ0) is 20.1. The molecule has 1 aromatic carbocycles. The average molecular weight is 386 g/mol. The van der Waals surface area contributed by atoms with E-state index in [0.29, 0.717) is 28.4 Å². The second kappa shape index (κ2) is 6.29. The fourth-order valence-electron chi connectivity index (χ4n) is 3.32. The number of hydrogen-bond acceptors (Lipinski definition) is 7. The highest BCUT2D eigenvalue weighted by molar-refractivity contribution is 6.07. The lowest BCUT2D eigenvalue weighted by molar-refractivity contribution is -0.131. The standard InChI is InChI=1S/C19H18N2O7/c1-10-6-12(28-15(10)16(22)25-3)8-21-17(23)19(2,20-18(21)24)11-4-5-13-14(7-11)27-9-26-13/h4-7H,8-9H2,1-3H3,(H,20,24)/t19-/m1/s1. The summed E-state index contributed by atoms with van der Waals surface area (Å²) in [6, 6.07) is 6.13. The fourth-order valence-corrected chi connectivity index (χ4v) is 3.32. The molecule has 0 spiro atoms. The van der Waals surface area contributed by atoms with Gasteiger partial charge in [0.1, 0.15) is 11.3 Å². The lowest BCUT2D eigenvalue weighted by Gasteiger charge is -2.22. The molecular formula is C19H18N2O7. The Morgan fingerprint density at radius 1 is 1.25 bits per heavy atom. The van der Waals surface area contributed by atoms with Crippen LogP contribution in [0.15, 0.2) is 28.7 Å². The van der Waals surface area contributed by atoms with Gasteiger partial charge in [-0.1, -0.05) is 6.07 Å². The molecule has 3 heterocycles. The first kappa shape index (κ1) is 17.9. The number of benzene rings is 1. The first-order valence-electron chi connectivity index (χ1n) is 8.55. The number of methoxy groups -OCH3 is 1. The predicted molar refractivity (Wildman–Crippen MR) is 93.8 cm³/mol. The molecule has 3 amide bonds. The zero-order valence-electron chi connectivity index (χ0n) is 15.5. The Kier molecular flexibility index (Phi) is 4.02. The monoisotopic (exact) mass is 386 g/mol. The number of nitrogens with zero attached hydrogens (tertiary/aromatic N) is 1. The Morgan fingerprint density at radius 3 is 2.75 bits per heavy atom. The number of urea groups is 1. The van der Waals surface area contributed by atoms with Crippen molar-refractivity contribution < 1.29 is 33.0 Å². The molecule has 0 bridgehead atoms. The Balaban J connectivity index is 1.60. The zero-order valence-corrected chi connectivity index (χ0v) is 15.5. The minimum Gasteiger partial charge on any atom is -0.463 e. The molecule has 1 fully saturated rings. The summed E-state index contributed by atoms with van der Waals surface area (Å²) in [4.78, 5) is 38.3. The SMILES string of the molecule is COC(=O)c1oc(CN2C(=O)N[C@](C)(c3ccc4c(c3)OCO4)C2=O)cc1C. The number of amides is 3. The number of ether oxygens (including phenoxy) is 3. The predicted octanol–water partition coefficient (Wildman–Crippen LogP) is 2.07. The molecule has 1 saturated heterocycles. The van der Waals surface area contributed by atoms with Crippen molar-refractivity contribution in [1.29, 1.82) is 0 Å². The van der Waals surface area contributed by atoms with Crippen molar-refractivity contribution in [2.24, 2.45) is 0 Å². The molecule has 2 aliphatic rings. The van der Waals surface area contributed by atoms with E-state index < -0.39 is 23.4 Å². The maximum atomic E-state index is 13.1. The maximum Gasteiger partial charge on any atom is 0.374 e. The number of carbonyl (C=O) groups excluding carboxylic acids is 3. The topological polar surface area (TPSA) is 107 Å². The van der Waals surface area contributed by atoms with Crippen LogP contribution < -0.4 is 14.8 Å². The van der Waals surface area contributed by atoms with Gasteiger partial charge < -0.3 is 23.9 Å². The number of aryl methyl sites for hydroxylation is 1. The van der Waals surface area contributed by atoms with Gasteiger partial charge in [0.2, 0.25) is 12.6 Å². The van der Waals surface area contributed by atoms with Crippen LogP contribution in [0.3, 0.4) is 0 Å². The number of fused-ring (bicyclic) bond motifs is 1. The maximum absolute atomic E-state index is 13.1. The first-order chi connectivity index (χ1) is 13.3. The lowest BCUT2D eigenvalue weighted by Crippen LogP contribution is -2.40. The quantitative estimate of drug-likeness (QED) is 0.633. The molecular weight excluding hydrogens is 368 g/mol. The molecule has 2 aromatic rings. The summed E-state index contributed by atoms with van der Waals surface area (Å²) in [5.74, 6) is 0.390. The number of rotatable bonds is 4. The normalized spacial score (nSPS) is 20.5. The van der Waals surface area contributed by atoms with Crippen molar-refractivity contribution in [2.75, 3.05) is 13.9 Å². The van der Waals surface area contributed by atoms with Gasteiger partial charge in [0, 0.05) is 5.56 Å². The Morgan fingerprint density at radius 2 is 2.00 bits per heavy atom. The largest absolute Gasteiger partial charge is 0.463 e. The van der Waals surface area contributed by atoms with E-state index in [1.165, 1.54) is 7.11 Å². The molecule has 0 radical (unpaired) electrons. The number of esters is 1. The van der Waals surface area contributed by atoms with Crippen molar-refractivity contribution >= 4 is 17.9 Å². The minimum atomic E-state index is -1.26. The highest BCUT2D eigenvalue weighted by atomic mass is 16.7. The van der Waals surface area contributed by atoms with Crippen molar-refractivity contribution in [2.45, 2.75) is 25.9 Å². The summed E-state index contributed by atoms with van der Waals surface area (Å²) < 4.78 is 20.8. The molecule has 9 heteroatoms. The summed E-state index contributed by atoms with van der Waals surface area (Å²) in [6.07, 6.45) is 0. The van der Waals surface area contributed by atoms with E-state index in [9.17, 15) is 14.4 Å². The first-order valence-corrected chi connectivity index (χ1v) is 8.55. The van der Waals surface area contributed by atoms with Crippen LogP contribution in [-0.4, -0.2) is 36.7 Å². The second-order valence-corrected chi connectivity index (χ2v) is 6.73. The molecule has 1 atom stereocenters. The summed E-state index contributed by atoms with van der Waals surface area (Å²) in [6.45, 7) is 3.31. The third kappa shape index (κ3) is 2.67. The summed E-state index contributed by atoms with van der Waals surface area (Å²) >= 11 is 0. The van der Waals surface area contributed by atoms with Gasteiger partial charge >= 0.3 is 12.0 Å². The van der Waals surface area contributed by atoms with Crippen LogP contribution in [0, 0.1) is 6.92 Å². The molecule has 4 rings (SSSR count). The second-order valence-electron chi connectivity index (χ2n) is 6.73. The Labute approximate surface area is 160 Å². The molecule has 1 N–H and O–H groups in total. The van der Waals surface area contributed by atoms with E-state index >= 15 is 0 Å². The highest BCUT2D eigenvalue weighted by Gasteiger charge is 2.49. The number of nitrogens with one attached hydrogen (secondary N) is 1. The van der Waals surface area contributed by atoms with Crippen LogP contribution in [-0.2, 0) is 21.6 Å². The fraction of sp³-hybridized carbons (Fsp3) is 0.316. The average Bonchev–Trinajstić information content (AvgIpc) is 3.34. The van der Waals surface area contributed by atoms with E-state index in [4.69, 9.17) is 13.9 Å². The van der Waals surface area contributed by atoms with E-state index in [-0.39, 0.29) is 19.1 Å². The number of carbonyl (C=O) groups is 3. The molecule has 1 aromatic heterocycles. The van der Waals surface area contributed by atoms with Crippen LogP contribution in [0.5, 0.6) is 11.5 Å². The van der Waals surface area contributed by atoms with Gasteiger partial charge in [-0.25, -0.2) is 9.59 Å². The van der Waals surface area contributed by atoms with Crippen LogP contribution in [0.25, 0.3) is 0 Å². The molecule has 9 nitrogen and oxygen atoms in total. The minimum absolute atomic E-state index is 0.0445. The highest BCUT2D eigenvalue weighted by Crippen LogP contribution is 2.38. The van der Waals surface area contributed by atoms with Gasteiger partial charge in [-0.15, -0.1) is 0 Å². The van der Waals surface area contributed by atoms with Crippen molar-refractivity contribution in [1.82, 2.24) is 10.2 Å². The van der Waals surface area contributed by atoms with Crippen LogP contribution >= 0.6 is 0 Å². The smallest absolute Gasteiger partial charge is 0.374 e. The molecule has 28 heavy (non-hydrogen) atoms. The number of furan rings is 1. The third-order valence-corrected chi connectivity index (χ3v) is 4.88.